The van der Waals surface area contributed by atoms with Gasteiger partial charge in [-0.1, -0.05) is 71.4 Å². The maximum Gasteiger partial charge on any atom is 0.250 e. The highest BCUT2D eigenvalue weighted by atomic mass is 35.5. The van der Waals surface area contributed by atoms with Gasteiger partial charge in [0.1, 0.15) is 0 Å². The van der Waals surface area contributed by atoms with E-state index in [1.54, 1.807) is 18.2 Å². The summed E-state index contributed by atoms with van der Waals surface area (Å²) in [5.41, 5.74) is 4.99. The third kappa shape index (κ3) is 5.37. The zero-order valence-corrected chi connectivity index (χ0v) is 19.0. The first-order valence-corrected chi connectivity index (χ1v) is 11.3. The van der Waals surface area contributed by atoms with Gasteiger partial charge in [0.25, 0.3) is 5.91 Å². The van der Waals surface area contributed by atoms with E-state index in [1.807, 2.05) is 65.2 Å². The first-order valence-electron chi connectivity index (χ1n) is 9.58. The van der Waals surface area contributed by atoms with Gasteiger partial charge >= 0.3 is 0 Å². The monoisotopic (exact) mass is 481 g/mol. The van der Waals surface area contributed by atoms with Crippen LogP contribution in [0.25, 0.3) is 17.1 Å². The molecule has 4 aromatic rings. The summed E-state index contributed by atoms with van der Waals surface area (Å²) in [6.45, 7) is 0. The number of carbonyl (C=O) groups is 1. The normalized spacial score (nSPS) is 11.1. The molecule has 3 aromatic carbocycles. The number of nitrogens with one attached hydrogen (secondary N) is 1. The molecule has 0 aliphatic rings. The quantitative estimate of drug-likeness (QED) is 0.215. The molecule has 0 fully saturated rings. The molecule has 32 heavy (non-hydrogen) atoms. The Morgan fingerprint density at radius 1 is 0.969 bits per heavy atom. The lowest BCUT2D eigenvalue weighted by Crippen LogP contribution is -2.20. The van der Waals surface area contributed by atoms with Crippen LogP contribution in [0.3, 0.4) is 0 Å². The van der Waals surface area contributed by atoms with Crippen LogP contribution in [0.1, 0.15) is 5.56 Å². The van der Waals surface area contributed by atoms with Gasteiger partial charge in [0.05, 0.1) is 12.0 Å². The number of halogens is 2. The van der Waals surface area contributed by atoms with Crippen molar-refractivity contribution >= 4 is 47.1 Å². The summed E-state index contributed by atoms with van der Waals surface area (Å²) in [5, 5.41) is 14.4. The van der Waals surface area contributed by atoms with E-state index in [1.165, 1.54) is 18.0 Å². The Morgan fingerprint density at radius 3 is 2.44 bits per heavy atom. The van der Waals surface area contributed by atoms with Gasteiger partial charge in [-0.2, -0.15) is 5.10 Å². The van der Waals surface area contributed by atoms with E-state index < -0.39 is 0 Å². The lowest BCUT2D eigenvalue weighted by molar-refractivity contribution is -0.118. The summed E-state index contributed by atoms with van der Waals surface area (Å²) in [5.74, 6) is 0.507. The van der Waals surface area contributed by atoms with Crippen molar-refractivity contribution in [1.82, 2.24) is 20.2 Å². The van der Waals surface area contributed by atoms with Crippen LogP contribution >= 0.6 is 35.0 Å². The minimum absolute atomic E-state index is 0.117. The van der Waals surface area contributed by atoms with Gasteiger partial charge in [0.15, 0.2) is 11.0 Å². The van der Waals surface area contributed by atoms with Gasteiger partial charge in [-0.3, -0.25) is 9.36 Å². The number of rotatable bonds is 7. The number of hydrogen-bond donors (Lipinski definition) is 1. The van der Waals surface area contributed by atoms with Crippen LogP contribution in [0.15, 0.2) is 89.1 Å². The van der Waals surface area contributed by atoms with Gasteiger partial charge in [-0.25, -0.2) is 5.43 Å². The first kappa shape index (κ1) is 22.1. The summed E-state index contributed by atoms with van der Waals surface area (Å²) in [4.78, 5) is 12.3. The van der Waals surface area contributed by atoms with Crippen LogP contribution in [0.5, 0.6) is 0 Å². The Kier molecular flexibility index (Phi) is 7.21. The Labute approximate surface area is 199 Å². The van der Waals surface area contributed by atoms with E-state index >= 15 is 0 Å². The summed E-state index contributed by atoms with van der Waals surface area (Å²) >= 11 is 13.4. The number of aromatic nitrogens is 3. The van der Waals surface area contributed by atoms with Gasteiger partial charge < -0.3 is 0 Å². The molecule has 160 valence electrons. The lowest BCUT2D eigenvalue weighted by Gasteiger charge is -2.10. The number of hydrogen-bond acceptors (Lipinski definition) is 5. The Bertz CT molecular complexity index is 1240. The van der Waals surface area contributed by atoms with Crippen LogP contribution in [-0.4, -0.2) is 32.6 Å². The SMILES string of the molecule is O=C(CSc1nnc(-c2ccc(Cl)cc2)n1-c1ccccc1)N/N=C/c1ccccc1Cl. The highest BCUT2D eigenvalue weighted by Gasteiger charge is 2.17. The van der Waals surface area contributed by atoms with Crippen molar-refractivity contribution in [2.45, 2.75) is 5.16 Å². The minimum atomic E-state index is -0.269. The number of nitrogens with zero attached hydrogens (tertiary/aromatic N) is 4. The van der Waals surface area contributed by atoms with Crippen molar-refractivity contribution in [1.29, 1.82) is 0 Å². The van der Waals surface area contributed by atoms with Crippen LogP contribution < -0.4 is 5.43 Å². The number of carbonyl (C=O) groups excluding carboxylic acids is 1. The van der Waals surface area contributed by atoms with Gasteiger partial charge in [0.2, 0.25) is 0 Å². The van der Waals surface area contributed by atoms with E-state index in [2.05, 4.69) is 20.7 Å². The molecule has 0 saturated heterocycles. The fourth-order valence-corrected chi connectivity index (χ4v) is 3.93. The van der Waals surface area contributed by atoms with Crippen molar-refractivity contribution in [2.24, 2.45) is 5.10 Å². The van der Waals surface area contributed by atoms with Gasteiger partial charge in [-0.15, -0.1) is 10.2 Å². The molecule has 0 unspecified atom stereocenters. The lowest BCUT2D eigenvalue weighted by atomic mass is 10.2. The maximum absolute atomic E-state index is 12.3. The Balaban J connectivity index is 1.50. The number of hydrazone groups is 1. The van der Waals surface area contributed by atoms with Crippen LogP contribution in [0, 0.1) is 0 Å². The largest absolute Gasteiger partial charge is 0.272 e. The van der Waals surface area contributed by atoms with Crippen molar-refractivity contribution in [2.75, 3.05) is 5.75 Å². The molecule has 4 rings (SSSR count). The minimum Gasteiger partial charge on any atom is -0.272 e. The van der Waals surface area contributed by atoms with Gasteiger partial charge in [-0.05, 0) is 42.5 Å². The predicted molar refractivity (Wildman–Crippen MR) is 130 cm³/mol. The Hall–Kier alpha value is -3.13. The van der Waals surface area contributed by atoms with Crippen molar-refractivity contribution in [3.8, 4) is 17.1 Å². The molecule has 0 aliphatic carbocycles. The molecule has 1 aromatic heterocycles. The molecule has 9 heteroatoms. The summed E-state index contributed by atoms with van der Waals surface area (Å²) in [7, 11) is 0. The second-order valence-electron chi connectivity index (χ2n) is 6.59. The second kappa shape index (κ2) is 10.5. The zero-order valence-electron chi connectivity index (χ0n) is 16.7. The summed E-state index contributed by atoms with van der Waals surface area (Å²) in [6, 6.07) is 24.4. The number of benzene rings is 3. The first-order chi connectivity index (χ1) is 15.6. The summed E-state index contributed by atoms with van der Waals surface area (Å²) in [6.07, 6.45) is 1.51. The predicted octanol–water partition coefficient (Wildman–Crippen LogP) is 5.48. The van der Waals surface area contributed by atoms with E-state index in [-0.39, 0.29) is 11.7 Å². The van der Waals surface area contributed by atoms with Crippen molar-refractivity contribution < 1.29 is 4.79 Å². The molecule has 1 amide bonds. The maximum atomic E-state index is 12.3. The number of thioether (sulfide) groups is 1. The highest BCUT2D eigenvalue weighted by molar-refractivity contribution is 7.99. The molecule has 6 nitrogen and oxygen atoms in total. The van der Waals surface area contributed by atoms with E-state index in [0.717, 1.165) is 16.8 Å². The van der Waals surface area contributed by atoms with Gasteiger partial charge in [0, 0.05) is 26.9 Å². The molecule has 0 saturated carbocycles. The number of para-hydroxylation sites is 1. The molecule has 0 aliphatic heterocycles. The molecular formula is C23H17Cl2N5OS. The van der Waals surface area contributed by atoms with Crippen molar-refractivity contribution in [3.63, 3.8) is 0 Å². The topological polar surface area (TPSA) is 72.2 Å². The molecule has 0 bridgehead atoms. The van der Waals surface area contributed by atoms with Crippen LogP contribution in [0.4, 0.5) is 0 Å². The zero-order chi connectivity index (χ0) is 22.3. The summed E-state index contributed by atoms with van der Waals surface area (Å²) < 4.78 is 1.91. The smallest absolute Gasteiger partial charge is 0.250 e. The van der Waals surface area contributed by atoms with E-state index in [9.17, 15) is 4.79 Å². The molecule has 0 radical (unpaired) electrons. The third-order valence-corrected chi connectivity index (χ3v) is 5.91. The third-order valence-electron chi connectivity index (χ3n) is 4.38. The molecular weight excluding hydrogens is 465 g/mol. The molecule has 1 heterocycles. The molecule has 0 spiro atoms. The standard InChI is InChI=1S/C23H17Cl2N5OS/c24-18-12-10-16(11-13-18)22-28-29-23(30(22)19-7-2-1-3-8-19)32-15-21(31)27-26-14-17-6-4-5-9-20(17)25/h1-14H,15H2,(H,27,31)/b26-14+. The fraction of sp³-hybridized carbons (Fsp3) is 0.0435. The molecule has 0 atom stereocenters. The van der Waals surface area contributed by atoms with Crippen molar-refractivity contribution in [3.05, 3.63) is 94.5 Å². The average molecular weight is 482 g/mol. The number of amides is 1. The van der Waals surface area contributed by atoms with E-state index in [4.69, 9.17) is 23.2 Å². The highest BCUT2D eigenvalue weighted by Crippen LogP contribution is 2.28. The molecule has 1 N–H and O–H groups in total. The van der Waals surface area contributed by atoms with Crippen LogP contribution in [0.2, 0.25) is 10.0 Å². The Morgan fingerprint density at radius 2 is 1.69 bits per heavy atom. The van der Waals surface area contributed by atoms with E-state index in [0.29, 0.717) is 21.0 Å². The fourth-order valence-electron chi connectivity index (χ4n) is 2.88. The van der Waals surface area contributed by atoms with Crippen LogP contribution in [-0.2, 0) is 4.79 Å². The second-order valence-corrected chi connectivity index (χ2v) is 8.37. The average Bonchev–Trinajstić information content (AvgIpc) is 3.24.